The zero-order valence-electron chi connectivity index (χ0n) is 21.1. The highest BCUT2D eigenvalue weighted by molar-refractivity contribution is 5.93. The molecule has 1 aromatic carbocycles. The maximum Gasteiger partial charge on any atom is 0.295 e. The summed E-state index contributed by atoms with van der Waals surface area (Å²) in [6.07, 6.45) is 10.1. The summed E-state index contributed by atoms with van der Waals surface area (Å²) in [5.41, 5.74) is 8.07. The SMILES string of the molecule is C[C@]1(N[C@@H]2CCCC[C@H]2Nc2ncc(-c3cccc(C(N)=O)c3)o2)CCCN(c2ccc(C#N)nc2)C1. The largest absolute Gasteiger partial charge is 0.424 e. The Hall–Kier alpha value is -3.90. The molecule has 3 atom stereocenters. The van der Waals surface area contributed by atoms with E-state index in [1.807, 2.05) is 12.1 Å². The van der Waals surface area contributed by atoms with Crippen LogP contribution in [0.25, 0.3) is 11.3 Å². The van der Waals surface area contributed by atoms with Gasteiger partial charge in [0.25, 0.3) is 6.01 Å². The molecule has 0 radical (unpaired) electrons. The second-order valence-electron chi connectivity index (χ2n) is 10.4. The smallest absolute Gasteiger partial charge is 0.295 e. The van der Waals surface area contributed by atoms with Gasteiger partial charge in [-0.25, -0.2) is 9.97 Å². The number of nitrogens with zero attached hydrogens (tertiary/aromatic N) is 4. The zero-order chi connectivity index (χ0) is 25.8. The van der Waals surface area contributed by atoms with Crippen LogP contribution in [-0.2, 0) is 0 Å². The van der Waals surface area contributed by atoms with Crippen molar-refractivity contribution in [3.63, 3.8) is 0 Å². The van der Waals surface area contributed by atoms with Crippen LogP contribution < -0.4 is 21.3 Å². The van der Waals surface area contributed by atoms with Gasteiger partial charge < -0.3 is 25.7 Å². The Kier molecular flexibility index (Phi) is 7.10. The summed E-state index contributed by atoms with van der Waals surface area (Å²) in [5, 5.41) is 16.6. The van der Waals surface area contributed by atoms with Crippen molar-refractivity contribution in [2.75, 3.05) is 23.3 Å². The summed E-state index contributed by atoms with van der Waals surface area (Å²) < 4.78 is 6.02. The van der Waals surface area contributed by atoms with E-state index >= 15 is 0 Å². The molecule has 1 amide bonds. The Bertz CT molecular complexity index is 1280. The molecule has 9 heteroatoms. The van der Waals surface area contributed by atoms with Crippen LogP contribution >= 0.6 is 0 Å². The summed E-state index contributed by atoms with van der Waals surface area (Å²) in [4.78, 5) is 22.6. The maximum absolute atomic E-state index is 11.5. The lowest BCUT2D eigenvalue weighted by Gasteiger charge is -2.46. The minimum Gasteiger partial charge on any atom is -0.424 e. The molecule has 2 aliphatic rings. The second-order valence-corrected chi connectivity index (χ2v) is 10.4. The molecule has 4 N–H and O–H groups in total. The first kappa shape index (κ1) is 24.8. The van der Waals surface area contributed by atoms with Crippen molar-refractivity contribution in [2.45, 2.75) is 63.1 Å². The molecule has 1 saturated carbocycles. The minimum atomic E-state index is -0.471. The van der Waals surface area contributed by atoms with E-state index in [2.05, 4.69) is 38.5 Å². The standard InChI is InChI=1S/C28H33N7O2/c1-28(12-5-13-35(18-28)22-11-10-21(15-29)31-16-22)34-24-9-3-2-8-23(24)33-27-32-17-25(37-27)19-6-4-7-20(14-19)26(30)36/h4,6-7,10-11,14,16-17,23-24,34H,2-3,5,8-9,12-13,18H2,1H3,(H2,30,36)(H,32,33)/t23-,24-,28+/m1/s1. The first-order valence-electron chi connectivity index (χ1n) is 12.9. The lowest BCUT2D eigenvalue weighted by molar-refractivity contribution is 0.100. The predicted octanol–water partition coefficient (Wildman–Crippen LogP) is 4.08. The molecular formula is C28H33N7O2. The monoisotopic (exact) mass is 499 g/mol. The fraction of sp³-hybridized carbons (Fsp3) is 0.429. The number of nitriles is 1. The molecule has 0 bridgehead atoms. The average Bonchev–Trinajstić information content (AvgIpc) is 3.38. The number of piperidine rings is 1. The number of benzene rings is 1. The number of anilines is 2. The van der Waals surface area contributed by atoms with E-state index < -0.39 is 5.91 Å². The number of nitrogens with two attached hydrogens (primary N) is 1. The van der Waals surface area contributed by atoms with Crippen molar-refractivity contribution >= 4 is 17.6 Å². The number of oxazole rings is 1. The van der Waals surface area contributed by atoms with Gasteiger partial charge in [0.2, 0.25) is 5.91 Å². The Balaban J connectivity index is 1.26. The van der Waals surface area contributed by atoms with E-state index in [-0.39, 0.29) is 17.6 Å². The lowest BCUT2D eigenvalue weighted by Crippen LogP contribution is -2.61. The third kappa shape index (κ3) is 5.75. The van der Waals surface area contributed by atoms with Gasteiger partial charge in [0.1, 0.15) is 11.8 Å². The molecule has 3 heterocycles. The highest BCUT2D eigenvalue weighted by atomic mass is 16.4. The topological polar surface area (TPSA) is 133 Å². The maximum atomic E-state index is 11.5. The quantitative estimate of drug-likeness (QED) is 0.443. The van der Waals surface area contributed by atoms with Gasteiger partial charge >= 0.3 is 0 Å². The third-order valence-corrected chi connectivity index (χ3v) is 7.47. The van der Waals surface area contributed by atoms with Crippen LogP contribution in [0, 0.1) is 11.3 Å². The highest BCUT2D eigenvalue weighted by Crippen LogP contribution is 2.30. The normalized spacial score (nSPS) is 23.8. The molecule has 192 valence electrons. The van der Waals surface area contributed by atoms with Crippen molar-refractivity contribution in [1.82, 2.24) is 15.3 Å². The van der Waals surface area contributed by atoms with Crippen molar-refractivity contribution in [2.24, 2.45) is 5.73 Å². The summed E-state index contributed by atoms with van der Waals surface area (Å²) >= 11 is 0. The predicted molar refractivity (Wildman–Crippen MR) is 142 cm³/mol. The van der Waals surface area contributed by atoms with Gasteiger partial charge in [0.05, 0.1) is 18.1 Å². The van der Waals surface area contributed by atoms with E-state index in [1.54, 1.807) is 36.7 Å². The van der Waals surface area contributed by atoms with Crippen LogP contribution in [0.1, 0.15) is 61.5 Å². The van der Waals surface area contributed by atoms with E-state index in [9.17, 15) is 4.79 Å². The molecular weight excluding hydrogens is 466 g/mol. The Morgan fingerprint density at radius 1 is 1.16 bits per heavy atom. The number of hydrogen-bond acceptors (Lipinski definition) is 8. The Morgan fingerprint density at radius 2 is 2.00 bits per heavy atom. The van der Waals surface area contributed by atoms with Crippen LogP contribution in [0.4, 0.5) is 11.7 Å². The van der Waals surface area contributed by atoms with Crippen molar-refractivity contribution < 1.29 is 9.21 Å². The number of primary amides is 1. The molecule has 9 nitrogen and oxygen atoms in total. The number of pyridine rings is 1. The Morgan fingerprint density at radius 3 is 2.76 bits per heavy atom. The van der Waals surface area contributed by atoms with Crippen molar-refractivity contribution in [1.29, 1.82) is 5.26 Å². The summed E-state index contributed by atoms with van der Waals surface area (Å²) in [6.45, 7) is 4.16. The molecule has 1 saturated heterocycles. The number of rotatable bonds is 7. The molecule has 37 heavy (non-hydrogen) atoms. The molecule has 2 aromatic heterocycles. The summed E-state index contributed by atoms with van der Waals surface area (Å²) in [7, 11) is 0. The fourth-order valence-electron chi connectivity index (χ4n) is 5.60. The van der Waals surface area contributed by atoms with Crippen LogP contribution in [-0.4, -0.2) is 46.6 Å². The van der Waals surface area contributed by atoms with Gasteiger partial charge in [0, 0.05) is 41.8 Å². The van der Waals surface area contributed by atoms with Crippen LogP contribution in [0.15, 0.2) is 53.2 Å². The molecule has 3 aromatic rings. The number of hydrogen-bond donors (Lipinski definition) is 3. The molecule has 0 unspecified atom stereocenters. The zero-order valence-corrected chi connectivity index (χ0v) is 21.1. The first-order chi connectivity index (χ1) is 17.9. The van der Waals surface area contributed by atoms with Gasteiger partial charge in [0.15, 0.2) is 5.76 Å². The Labute approximate surface area is 217 Å². The molecule has 5 rings (SSSR count). The van der Waals surface area contributed by atoms with Crippen LogP contribution in [0.3, 0.4) is 0 Å². The van der Waals surface area contributed by atoms with Crippen molar-refractivity contribution in [3.05, 3.63) is 60.0 Å². The number of amides is 1. The van der Waals surface area contributed by atoms with E-state index in [0.29, 0.717) is 23.0 Å². The highest BCUT2D eigenvalue weighted by Gasteiger charge is 2.36. The van der Waals surface area contributed by atoms with Gasteiger partial charge in [-0.2, -0.15) is 5.26 Å². The third-order valence-electron chi connectivity index (χ3n) is 7.47. The molecule has 0 spiro atoms. The van der Waals surface area contributed by atoms with Gasteiger partial charge in [-0.15, -0.1) is 0 Å². The molecule has 1 aliphatic carbocycles. The molecule has 1 aliphatic heterocycles. The van der Waals surface area contributed by atoms with Gasteiger partial charge in [-0.05, 0) is 56.9 Å². The summed E-state index contributed by atoms with van der Waals surface area (Å²) in [6, 6.07) is 13.9. The number of carbonyl (C=O) groups is 1. The van der Waals surface area contributed by atoms with Crippen LogP contribution in [0.2, 0.25) is 0 Å². The fourth-order valence-corrected chi connectivity index (χ4v) is 5.60. The second kappa shape index (κ2) is 10.6. The van der Waals surface area contributed by atoms with Crippen LogP contribution in [0.5, 0.6) is 0 Å². The van der Waals surface area contributed by atoms with E-state index in [4.69, 9.17) is 15.4 Å². The van der Waals surface area contributed by atoms with Gasteiger partial charge in [-0.1, -0.05) is 25.0 Å². The van der Waals surface area contributed by atoms with Crippen molar-refractivity contribution in [3.8, 4) is 17.4 Å². The molecule has 2 fully saturated rings. The minimum absolute atomic E-state index is 0.0506. The van der Waals surface area contributed by atoms with E-state index in [0.717, 1.165) is 56.4 Å². The van der Waals surface area contributed by atoms with E-state index in [1.165, 1.54) is 6.42 Å². The number of nitrogens with one attached hydrogen (secondary N) is 2. The average molecular weight is 500 g/mol. The first-order valence-corrected chi connectivity index (χ1v) is 12.9. The lowest BCUT2D eigenvalue weighted by atomic mass is 9.84. The van der Waals surface area contributed by atoms with Gasteiger partial charge in [-0.3, -0.25) is 4.79 Å². The summed E-state index contributed by atoms with van der Waals surface area (Å²) in [5.74, 6) is 0.123. The number of carbonyl (C=O) groups excluding carboxylic acids is 1. The number of aromatic nitrogens is 2.